The van der Waals surface area contributed by atoms with Crippen molar-refractivity contribution in [2.45, 2.75) is 53.4 Å². The summed E-state index contributed by atoms with van der Waals surface area (Å²) < 4.78 is 23.2. The number of hydrogen-bond donors (Lipinski definition) is 0. The van der Waals surface area contributed by atoms with E-state index in [2.05, 4.69) is 13.8 Å². The Labute approximate surface area is 180 Å². The second kappa shape index (κ2) is 12.8. The molecular formula is C25H34O5. The molecule has 0 radical (unpaired) electrons. The van der Waals surface area contributed by atoms with E-state index < -0.39 is 0 Å². The van der Waals surface area contributed by atoms with Crippen LogP contribution in [-0.2, 0) is 0 Å². The molecule has 2 aromatic rings. The standard InChI is InChI=1S/C25H34O5/c1-5-13-27-19-9-11-21(23(17-19)29-15-7-3)25(26)22-12-10-20(28-14-6-2)18-24(22)30-16-8-4/h9-12,17-18H,5-8,13-16H2,1-4H3. The summed E-state index contributed by atoms with van der Waals surface area (Å²) in [5.74, 6) is 2.32. The molecular weight excluding hydrogens is 380 g/mol. The predicted octanol–water partition coefficient (Wildman–Crippen LogP) is 6.07. The fourth-order valence-electron chi connectivity index (χ4n) is 2.81. The van der Waals surface area contributed by atoms with Gasteiger partial charge in [0.25, 0.3) is 0 Å². The van der Waals surface area contributed by atoms with Gasteiger partial charge in [-0.2, -0.15) is 0 Å². The molecule has 0 saturated carbocycles. The van der Waals surface area contributed by atoms with Crippen LogP contribution < -0.4 is 18.9 Å². The minimum atomic E-state index is -0.142. The Bertz CT molecular complexity index is 735. The highest BCUT2D eigenvalue weighted by molar-refractivity contribution is 6.12. The fraction of sp³-hybridized carbons (Fsp3) is 0.480. The molecule has 0 fully saturated rings. The maximum atomic E-state index is 13.4. The quantitative estimate of drug-likeness (QED) is 0.351. The van der Waals surface area contributed by atoms with Crippen LogP contribution in [0.15, 0.2) is 36.4 Å². The number of benzene rings is 2. The monoisotopic (exact) mass is 414 g/mol. The van der Waals surface area contributed by atoms with Crippen molar-refractivity contribution in [1.82, 2.24) is 0 Å². The first-order valence-corrected chi connectivity index (χ1v) is 11.0. The van der Waals surface area contributed by atoms with Crippen LogP contribution in [0.2, 0.25) is 0 Å². The number of ketones is 1. The molecule has 5 heteroatoms. The molecule has 0 aromatic heterocycles. The smallest absolute Gasteiger partial charge is 0.200 e. The van der Waals surface area contributed by atoms with E-state index in [1.165, 1.54) is 0 Å². The second-order valence-corrected chi connectivity index (χ2v) is 7.04. The van der Waals surface area contributed by atoms with E-state index in [0.29, 0.717) is 60.6 Å². The van der Waals surface area contributed by atoms with Crippen LogP contribution in [0.1, 0.15) is 69.3 Å². The van der Waals surface area contributed by atoms with E-state index in [1.54, 1.807) is 24.3 Å². The van der Waals surface area contributed by atoms with Crippen LogP contribution in [0.3, 0.4) is 0 Å². The van der Waals surface area contributed by atoms with E-state index in [0.717, 1.165) is 25.7 Å². The predicted molar refractivity (Wildman–Crippen MR) is 119 cm³/mol. The first-order valence-electron chi connectivity index (χ1n) is 11.0. The Morgan fingerprint density at radius 1 is 0.600 bits per heavy atom. The van der Waals surface area contributed by atoms with E-state index in [4.69, 9.17) is 18.9 Å². The summed E-state index contributed by atoms with van der Waals surface area (Å²) in [7, 11) is 0. The zero-order valence-electron chi connectivity index (χ0n) is 18.7. The lowest BCUT2D eigenvalue weighted by molar-refractivity contribution is 0.103. The van der Waals surface area contributed by atoms with Crippen LogP contribution in [0.4, 0.5) is 0 Å². The molecule has 0 bridgehead atoms. The van der Waals surface area contributed by atoms with Crippen molar-refractivity contribution in [3.63, 3.8) is 0 Å². The zero-order valence-corrected chi connectivity index (χ0v) is 18.7. The third-order valence-electron chi connectivity index (χ3n) is 4.26. The molecule has 0 aliphatic heterocycles. The van der Waals surface area contributed by atoms with Crippen molar-refractivity contribution in [1.29, 1.82) is 0 Å². The van der Waals surface area contributed by atoms with Gasteiger partial charge in [0.15, 0.2) is 5.78 Å². The largest absolute Gasteiger partial charge is 0.493 e. The molecule has 0 saturated heterocycles. The van der Waals surface area contributed by atoms with Gasteiger partial charge in [0, 0.05) is 12.1 Å². The van der Waals surface area contributed by atoms with Crippen LogP contribution in [-0.4, -0.2) is 32.2 Å². The van der Waals surface area contributed by atoms with Crippen molar-refractivity contribution in [3.05, 3.63) is 47.5 Å². The third kappa shape index (κ3) is 6.68. The van der Waals surface area contributed by atoms with Crippen molar-refractivity contribution in [3.8, 4) is 23.0 Å². The lowest BCUT2D eigenvalue weighted by Gasteiger charge is -2.16. The Morgan fingerprint density at radius 2 is 0.967 bits per heavy atom. The maximum Gasteiger partial charge on any atom is 0.200 e. The van der Waals surface area contributed by atoms with Gasteiger partial charge >= 0.3 is 0 Å². The van der Waals surface area contributed by atoms with Gasteiger partial charge in [-0.3, -0.25) is 4.79 Å². The highest BCUT2D eigenvalue weighted by atomic mass is 16.5. The number of ether oxygens (including phenoxy) is 4. The Hall–Kier alpha value is -2.69. The van der Waals surface area contributed by atoms with Gasteiger partial charge in [-0.1, -0.05) is 27.7 Å². The summed E-state index contributed by atoms with van der Waals surface area (Å²) in [6.45, 7) is 10.5. The fourth-order valence-corrected chi connectivity index (χ4v) is 2.81. The van der Waals surface area contributed by atoms with Crippen LogP contribution >= 0.6 is 0 Å². The van der Waals surface area contributed by atoms with Crippen LogP contribution in [0.5, 0.6) is 23.0 Å². The minimum Gasteiger partial charge on any atom is -0.493 e. The summed E-state index contributed by atoms with van der Waals surface area (Å²) in [5.41, 5.74) is 0.992. The van der Waals surface area contributed by atoms with E-state index in [1.807, 2.05) is 26.0 Å². The molecule has 5 nitrogen and oxygen atoms in total. The molecule has 0 amide bonds. The molecule has 0 atom stereocenters. The Morgan fingerprint density at radius 3 is 1.33 bits per heavy atom. The van der Waals surface area contributed by atoms with Gasteiger partial charge in [0.1, 0.15) is 23.0 Å². The molecule has 164 valence electrons. The second-order valence-electron chi connectivity index (χ2n) is 7.04. The average molecular weight is 415 g/mol. The highest BCUT2D eigenvalue weighted by Gasteiger charge is 2.20. The first-order chi connectivity index (χ1) is 14.6. The zero-order chi connectivity index (χ0) is 21.8. The van der Waals surface area contributed by atoms with Gasteiger partial charge in [-0.25, -0.2) is 0 Å². The van der Waals surface area contributed by atoms with Crippen LogP contribution in [0, 0.1) is 0 Å². The number of carbonyl (C=O) groups is 1. The topological polar surface area (TPSA) is 54.0 Å². The molecule has 2 aromatic carbocycles. The summed E-state index contributed by atoms with van der Waals surface area (Å²) in [6.07, 6.45) is 3.52. The van der Waals surface area contributed by atoms with E-state index >= 15 is 0 Å². The summed E-state index contributed by atoms with van der Waals surface area (Å²) in [4.78, 5) is 13.4. The molecule has 2 rings (SSSR count). The van der Waals surface area contributed by atoms with Crippen LogP contribution in [0.25, 0.3) is 0 Å². The number of rotatable bonds is 14. The SMILES string of the molecule is CCCOc1ccc(C(=O)c2ccc(OCCC)cc2OCCC)c(OCCC)c1. The van der Waals surface area contributed by atoms with Crippen molar-refractivity contribution < 1.29 is 23.7 Å². The van der Waals surface area contributed by atoms with Crippen molar-refractivity contribution >= 4 is 5.78 Å². The van der Waals surface area contributed by atoms with Crippen molar-refractivity contribution in [2.75, 3.05) is 26.4 Å². The lowest BCUT2D eigenvalue weighted by atomic mass is 10.0. The third-order valence-corrected chi connectivity index (χ3v) is 4.26. The normalized spacial score (nSPS) is 10.5. The summed E-state index contributed by atoms with van der Waals surface area (Å²) in [6, 6.07) is 10.8. The molecule has 0 aliphatic rings. The van der Waals surface area contributed by atoms with E-state index in [9.17, 15) is 4.79 Å². The lowest BCUT2D eigenvalue weighted by Crippen LogP contribution is -2.10. The molecule has 30 heavy (non-hydrogen) atoms. The number of carbonyl (C=O) groups excluding carboxylic acids is 1. The Balaban J connectivity index is 2.38. The van der Waals surface area contributed by atoms with Gasteiger partial charge < -0.3 is 18.9 Å². The maximum absolute atomic E-state index is 13.4. The summed E-state index contributed by atoms with van der Waals surface area (Å²) in [5, 5.41) is 0. The van der Waals surface area contributed by atoms with E-state index in [-0.39, 0.29) is 5.78 Å². The molecule has 0 unspecified atom stereocenters. The van der Waals surface area contributed by atoms with Gasteiger partial charge in [0.05, 0.1) is 37.6 Å². The number of hydrogen-bond acceptors (Lipinski definition) is 5. The molecule has 0 heterocycles. The minimum absolute atomic E-state index is 0.142. The average Bonchev–Trinajstić information content (AvgIpc) is 2.78. The van der Waals surface area contributed by atoms with Gasteiger partial charge in [-0.15, -0.1) is 0 Å². The van der Waals surface area contributed by atoms with Gasteiger partial charge in [0.2, 0.25) is 0 Å². The van der Waals surface area contributed by atoms with Crippen molar-refractivity contribution in [2.24, 2.45) is 0 Å². The molecule has 0 aliphatic carbocycles. The summed E-state index contributed by atoms with van der Waals surface area (Å²) >= 11 is 0. The highest BCUT2D eigenvalue weighted by Crippen LogP contribution is 2.32. The first kappa shape index (κ1) is 23.6. The molecule has 0 spiro atoms. The molecule has 0 N–H and O–H groups in total. The Kier molecular flexibility index (Phi) is 10.1. The van der Waals surface area contributed by atoms with Gasteiger partial charge in [-0.05, 0) is 49.9 Å².